The largest absolute Gasteiger partial charge is 0.455 e. The Labute approximate surface area is 156 Å². The molecule has 2 N–H and O–H groups in total. The average Bonchev–Trinajstić information content (AvgIpc) is 3.00. The van der Waals surface area contributed by atoms with Gasteiger partial charge in [0.05, 0.1) is 11.5 Å². The first-order chi connectivity index (χ1) is 12.4. The second kappa shape index (κ2) is 10.2. The third kappa shape index (κ3) is 7.07. The highest BCUT2D eigenvalue weighted by molar-refractivity contribution is 8.00. The molecule has 1 aromatic rings. The van der Waals surface area contributed by atoms with Crippen molar-refractivity contribution in [3.05, 3.63) is 11.8 Å². The quantitative estimate of drug-likeness (QED) is 0.660. The fourth-order valence-corrected chi connectivity index (χ4v) is 3.41. The zero-order valence-electron chi connectivity index (χ0n) is 15.1. The summed E-state index contributed by atoms with van der Waals surface area (Å²) in [6.45, 7) is 3.56. The van der Waals surface area contributed by atoms with Crippen LogP contribution >= 0.6 is 11.8 Å². The number of carbonyl (C=O) groups is 3. The van der Waals surface area contributed by atoms with E-state index in [1.807, 2.05) is 0 Å². The van der Waals surface area contributed by atoms with E-state index in [-0.39, 0.29) is 36.0 Å². The lowest BCUT2D eigenvalue weighted by Gasteiger charge is -2.29. The Morgan fingerprint density at radius 1 is 1.27 bits per heavy atom. The highest BCUT2D eigenvalue weighted by atomic mass is 32.2. The summed E-state index contributed by atoms with van der Waals surface area (Å²) >= 11 is 1.11. The molecular formula is C17H25N3O5S. The minimum atomic E-state index is -0.521. The van der Waals surface area contributed by atoms with Gasteiger partial charge in [-0.25, -0.2) is 0 Å². The number of ether oxygens (including phenoxy) is 1. The zero-order chi connectivity index (χ0) is 18.9. The van der Waals surface area contributed by atoms with Gasteiger partial charge >= 0.3 is 5.97 Å². The van der Waals surface area contributed by atoms with Crippen molar-refractivity contribution in [3.8, 4) is 0 Å². The second-order valence-electron chi connectivity index (χ2n) is 6.46. The molecule has 0 unspecified atom stereocenters. The van der Waals surface area contributed by atoms with E-state index in [9.17, 15) is 14.4 Å². The molecule has 1 aliphatic rings. The van der Waals surface area contributed by atoms with E-state index in [0.717, 1.165) is 31.0 Å². The number of nitrogens with one attached hydrogen (secondary N) is 2. The lowest BCUT2D eigenvalue weighted by Crippen LogP contribution is -2.43. The predicted molar refractivity (Wildman–Crippen MR) is 97.7 cm³/mol. The summed E-state index contributed by atoms with van der Waals surface area (Å²) in [5.41, 5.74) is 0. The van der Waals surface area contributed by atoms with Crippen LogP contribution in [0.2, 0.25) is 0 Å². The molecule has 9 heteroatoms. The van der Waals surface area contributed by atoms with E-state index in [4.69, 9.17) is 9.26 Å². The minimum Gasteiger partial charge on any atom is -0.455 e. The Morgan fingerprint density at radius 3 is 2.73 bits per heavy atom. The van der Waals surface area contributed by atoms with Crippen molar-refractivity contribution < 1.29 is 23.6 Å². The number of esters is 1. The van der Waals surface area contributed by atoms with Crippen LogP contribution in [0.4, 0.5) is 5.82 Å². The maximum Gasteiger partial charge on any atom is 0.316 e. The molecule has 0 spiro atoms. The number of anilines is 1. The number of hydrogen-bond acceptors (Lipinski definition) is 7. The third-order valence-electron chi connectivity index (χ3n) is 4.17. The van der Waals surface area contributed by atoms with Gasteiger partial charge in [0, 0.05) is 12.1 Å². The lowest BCUT2D eigenvalue weighted by atomic mass is 9.86. The smallest absolute Gasteiger partial charge is 0.316 e. The average molecular weight is 383 g/mol. The standard InChI is InChI=1S/C17H25N3O5S/c1-11-5-3-4-6-13(11)18-15(21)8-24-17(23)10-26-9-16(22)19-14-7-12(2)25-20-14/h7,11,13H,3-6,8-10H2,1-2H3,(H,18,21)(H,19,20,22)/t11-,13+/m1/s1. The minimum absolute atomic E-state index is 0.00161. The number of carbonyl (C=O) groups excluding carboxylic acids is 3. The van der Waals surface area contributed by atoms with Gasteiger partial charge in [-0.15, -0.1) is 11.8 Å². The van der Waals surface area contributed by atoms with E-state index >= 15 is 0 Å². The van der Waals surface area contributed by atoms with Crippen molar-refractivity contribution in [2.75, 3.05) is 23.4 Å². The van der Waals surface area contributed by atoms with Crippen LogP contribution in [0.25, 0.3) is 0 Å². The van der Waals surface area contributed by atoms with Gasteiger partial charge in [-0.3, -0.25) is 14.4 Å². The predicted octanol–water partition coefficient (Wildman–Crippen LogP) is 1.89. The van der Waals surface area contributed by atoms with Crippen LogP contribution in [0.15, 0.2) is 10.6 Å². The summed E-state index contributed by atoms with van der Waals surface area (Å²) < 4.78 is 9.79. The molecule has 2 atom stereocenters. The highest BCUT2D eigenvalue weighted by Gasteiger charge is 2.23. The van der Waals surface area contributed by atoms with Crippen molar-refractivity contribution in [1.82, 2.24) is 10.5 Å². The summed E-state index contributed by atoms with van der Waals surface area (Å²) in [4.78, 5) is 35.2. The summed E-state index contributed by atoms with van der Waals surface area (Å²) in [5.74, 6) is 0.367. The summed E-state index contributed by atoms with van der Waals surface area (Å²) in [6.07, 6.45) is 4.39. The van der Waals surface area contributed by atoms with Gasteiger partial charge in [0.15, 0.2) is 12.4 Å². The first-order valence-corrected chi connectivity index (χ1v) is 9.85. The molecule has 1 aromatic heterocycles. The van der Waals surface area contributed by atoms with Gasteiger partial charge in [-0.1, -0.05) is 24.9 Å². The lowest BCUT2D eigenvalue weighted by molar-refractivity contribution is -0.146. The molecule has 0 aromatic carbocycles. The normalized spacial score (nSPS) is 19.6. The van der Waals surface area contributed by atoms with Crippen molar-refractivity contribution >= 4 is 35.4 Å². The Balaban J connectivity index is 1.56. The Kier molecular flexibility index (Phi) is 7.96. The number of amides is 2. The Hall–Kier alpha value is -2.03. The first kappa shape index (κ1) is 20.3. The number of aromatic nitrogens is 1. The van der Waals surface area contributed by atoms with E-state index in [1.54, 1.807) is 13.0 Å². The van der Waals surface area contributed by atoms with Crippen LogP contribution in [0.1, 0.15) is 38.4 Å². The SMILES string of the molecule is Cc1cc(NC(=O)CSCC(=O)OCC(=O)N[C@H]2CCCC[C@H]2C)no1. The van der Waals surface area contributed by atoms with Gasteiger partial charge in [-0.2, -0.15) is 0 Å². The topological polar surface area (TPSA) is 111 Å². The molecular weight excluding hydrogens is 358 g/mol. The number of rotatable bonds is 8. The van der Waals surface area contributed by atoms with E-state index < -0.39 is 5.97 Å². The zero-order valence-corrected chi connectivity index (χ0v) is 15.9. The van der Waals surface area contributed by atoms with Crippen LogP contribution in [-0.2, 0) is 19.1 Å². The Morgan fingerprint density at radius 2 is 2.04 bits per heavy atom. The van der Waals surface area contributed by atoms with Gasteiger partial charge in [-0.05, 0) is 25.7 Å². The van der Waals surface area contributed by atoms with Crippen LogP contribution in [0.3, 0.4) is 0 Å². The molecule has 144 valence electrons. The second-order valence-corrected chi connectivity index (χ2v) is 7.45. The first-order valence-electron chi connectivity index (χ1n) is 8.70. The van der Waals surface area contributed by atoms with Crippen molar-refractivity contribution in [2.45, 2.75) is 45.6 Å². The van der Waals surface area contributed by atoms with Crippen LogP contribution in [-0.4, -0.2) is 47.1 Å². The molecule has 0 bridgehead atoms. The maximum atomic E-state index is 11.9. The number of hydrogen-bond donors (Lipinski definition) is 2. The third-order valence-corrected chi connectivity index (χ3v) is 5.08. The van der Waals surface area contributed by atoms with Crippen molar-refractivity contribution in [2.24, 2.45) is 5.92 Å². The number of nitrogens with zero attached hydrogens (tertiary/aromatic N) is 1. The molecule has 8 nitrogen and oxygen atoms in total. The molecule has 2 amide bonds. The summed E-state index contributed by atoms with van der Waals surface area (Å²) in [6, 6.07) is 1.76. The van der Waals surface area contributed by atoms with Gasteiger partial charge in [0.1, 0.15) is 5.76 Å². The number of thioether (sulfide) groups is 1. The molecule has 1 fully saturated rings. The van der Waals surface area contributed by atoms with Gasteiger partial charge in [0.2, 0.25) is 5.91 Å². The molecule has 1 saturated carbocycles. The van der Waals surface area contributed by atoms with Crippen LogP contribution in [0.5, 0.6) is 0 Å². The monoisotopic (exact) mass is 383 g/mol. The summed E-state index contributed by atoms with van der Waals surface area (Å²) in [7, 11) is 0. The molecule has 26 heavy (non-hydrogen) atoms. The molecule has 0 saturated heterocycles. The van der Waals surface area contributed by atoms with Crippen LogP contribution in [0, 0.1) is 12.8 Å². The fourth-order valence-electron chi connectivity index (χ4n) is 2.80. The fraction of sp³-hybridized carbons (Fsp3) is 0.647. The van der Waals surface area contributed by atoms with Crippen molar-refractivity contribution in [1.29, 1.82) is 0 Å². The van der Waals surface area contributed by atoms with E-state index in [1.165, 1.54) is 6.42 Å². The number of aryl methyl sites for hydroxylation is 1. The van der Waals surface area contributed by atoms with Gasteiger partial charge in [0.25, 0.3) is 5.91 Å². The highest BCUT2D eigenvalue weighted by Crippen LogP contribution is 2.23. The molecule has 0 radical (unpaired) electrons. The van der Waals surface area contributed by atoms with Gasteiger partial charge < -0.3 is 19.9 Å². The van der Waals surface area contributed by atoms with E-state index in [2.05, 4.69) is 22.7 Å². The Bertz CT molecular complexity index is 634. The van der Waals surface area contributed by atoms with E-state index in [0.29, 0.717) is 17.5 Å². The molecule has 1 heterocycles. The van der Waals surface area contributed by atoms with Crippen molar-refractivity contribution in [3.63, 3.8) is 0 Å². The maximum absolute atomic E-state index is 11.9. The molecule has 0 aliphatic heterocycles. The molecule has 1 aliphatic carbocycles. The van der Waals surface area contributed by atoms with Crippen LogP contribution < -0.4 is 10.6 Å². The molecule has 2 rings (SSSR count). The summed E-state index contributed by atoms with van der Waals surface area (Å²) in [5, 5.41) is 9.13.